The van der Waals surface area contributed by atoms with Crippen LogP contribution in [0.25, 0.3) is 10.8 Å². The zero-order valence-corrected chi connectivity index (χ0v) is 17.9. The van der Waals surface area contributed by atoms with Gasteiger partial charge in [0.2, 0.25) is 0 Å². The summed E-state index contributed by atoms with van der Waals surface area (Å²) >= 11 is 0. The standard InChI is InChI=1S/C23H25FN6O3/c24-20-6-5-14(10-21-17-3-1-2-4-18(17)22(32)28-27-21)9-19(20)23(33)29-8-7-15(12-29)30(26)16(11-25)13-31/h1-6,9,11,15,31H,7-8,10,12-13,25-26H2,(H,28,32)/b16-11-. The van der Waals surface area contributed by atoms with Crippen LogP contribution in [0, 0.1) is 5.82 Å². The van der Waals surface area contributed by atoms with Crippen molar-refractivity contribution >= 4 is 16.7 Å². The van der Waals surface area contributed by atoms with E-state index in [2.05, 4.69) is 10.2 Å². The zero-order valence-electron chi connectivity index (χ0n) is 17.9. The number of halogens is 1. The number of aromatic amines is 1. The Balaban J connectivity index is 1.56. The number of H-pyrrole nitrogens is 1. The summed E-state index contributed by atoms with van der Waals surface area (Å²) in [6.07, 6.45) is 2.11. The van der Waals surface area contributed by atoms with Gasteiger partial charge in [-0.25, -0.2) is 15.3 Å². The first-order valence-corrected chi connectivity index (χ1v) is 10.5. The third kappa shape index (κ3) is 4.43. The summed E-state index contributed by atoms with van der Waals surface area (Å²) in [5, 5.41) is 18.6. The van der Waals surface area contributed by atoms with Gasteiger partial charge in [0, 0.05) is 31.1 Å². The van der Waals surface area contributed by atoms with Crippen molar-refractivity contribution in [2.45, 2.75) is 18.9 Å². The average molecular weight is 452 g/mol. The molecule has 1 aromatic heterocycles. The molecule has 3 aromatic rings. The number of aliphatic hydroxyl groups is 1. The number of rotatable bonds is 6. The molecular formula is C23H25FN6O3. The molecule has 1 unspecified atom stereocenters. The maximum absolute atomic E-state index is 14.6. The van der Waals surface area contributed by atoms with Crippen molar-refractivity contribution in [2.24, 2.45) is 11.6 Å². The Kier molecular flexibility index (Phi) is 6.38. The van der Waals surface area contributed by atoms with Crippen LogP contribution >= 0.6 is 0 Å². The van der Waals surface area contributed by atoms with Gasteiger partial charge in [0.05, 0.1) is 35.0 Å². The molecule has 4 rings (SSSR count). The Hall–Kier alpha value is -3.76. The molecule has 0 spiro atoms. The van der Waals surface area contributed by atoms with E-state index in [9.17, 15) is 19.1 Å². The fraction of sp³-hybridized carbons (Fsp3) is 0.261. The number of nitrogens with one attached hydrogen (secondary N) is 1. The van der Waals surface area contributed by atoms with Crippen LogP contribution < -0.4 is 17.1 Å². The van der Waals surface area contributed by atoms with Crippen LogP contribution in [0.1, 0.15) is 28.0 Å². The van der Waals surface area contributed by atoms with Crippen LogP contribution in [-0.4, -0.2) is 56.9 Å². The lowest BCUT2D eigenvalue weighted by atomic mass is 10.0. The Morgan fingerprint density at radius 1 is 1.30 bits per heavy atom. The third-order valence-electron chi connectivity index (χ3n) is 5.94. The van der Waals surface area contributed by atoms with Crippen molar-refractivity contribution in [1.82, 2.24) is 20.1 Å². The lowest BCUT2D eigenvalue weighted by Gasteiger charge is -2.27. The SMILES string of the molecule is N/C=C(/CO)N(N)C1CCN(C(=O)c2cc(Cc3n[nH]c(=O)c4ccccc34)ccc2F)C1. The van der Waals surface area contributed by atoms with Gasteiger partial charge in [-0.2, -0.15) is 5.10 Å². The largest absolute Gasteiger partial charge is 0.403 e. The summed E-state index contributed by atoms with van der Waals surface area (Å²) in [6, 6.07) is 11.3. The summed E-state index contributed by atoms with van der Waals surface area (Å²) in [5.41, 5.74) is 6.82. The second-order valence-corrected chi connectivity index (χ2v) is 7.95. The van der Waals surface area contributed by atoms with Gasteiger partial charge in [0.1, 0.15) is 5.82 Å². The minimum atomic E-state index is -0.617. The van der Waals surface area contributed by atoms with Gasteiger partial charge >= 0.3 is 0 Å². The van der Waals surface area contributed by atoms with Crippen LogP contribution in [0.15, 0.2) is 59.2 Å². The Bertz CT molecular complexity index is 1270. The van der Waals surface area contributed by atoms with E-state index in [0.29, 0.717) is 47.1 Å². The molecule has 0 radical (unpaired) electrons. The fourth-order valence-corrected chi connectivity index (χ4v) is 4.12. The molecule has 1 atom stereocenters. The van der Waals surface area contributed by atoms with E-state index < -0.39 is 11.7 Å². The van der Waals surface area contributed by atoms with Crippen LogP contribution in [0.3, 0.4) is 0 Å². The number of likely N-dealkylation sites (tertiary alicyclic amines) is 1. The third-order valence-corrected chi connectivity index (χ3v) is 5.94. The van der Waals surface area contributed by atoms with E-state index >= 15 is 0 Å². The van der Waals surface area contributed by atoms with Crippen molar-refractivity contribution in [3.8, 4) is 0 Å². The van der Waals surface area contributed by atoms with Gasteiger partial charge in [-0.05, 0) is 30.2 Å². The molecule has 10 heteroatoms. The molecular weight excluding hydrogens is 427 g/mol. The predicted molar refractivity (Wildman–Crippen MR) is 121 cm³/mol. The van der Waals surface area contributed by atoms with E-state index in [0.717, 1.165) is 0 Å². The maximum Gasteiger partial charge on any atom is 0.272 e. The Labute approximate surface area is 189 Å². The van der Waals surface area contributed by atoms with Crippen molar-refractivity contribution in [1.29, 1.82) is 0 Å². The topological polar surface area (TPSA) is 142 Å². The lowest BCUT2D eigenvalue weighted by Crippen LogP contribution is -2.44. The number of carbonyl (C=O) groups is 1. The monoisotopic (exact) mass is 452 g/mol. The van der Waals surface area contributed by atoms with Gasteiger partial charge in [0.15, 0.2) is 0 Å². The second kappa shape index (κ2) is 9.39. The molecule has 6 N–H and O–H groups in total. The second-order valence-electron chi connectivity index (χ2n) is 7.95. The van der Waals surface area contributed by atoms with E-state index in [1.807, 2.05) is 12.1 Å². The molecule has 1 fully saturated rings. The molecule has 2 heterocycles. The molecule has 2 aromatic carbocycles. The quantitative estimate of drug-likeness (QED) is 0.321. The van der Waals surface area contributed by atoms with Crippen LogP contribution in [0.2, 0.25) is 0 Å². The number of benzene rings is 2. The Morgan fingerprint density at radius 3 is 2.79 bits per heavy atom. The summed E-state index contributed by atoms with van der Waals surface area (Å²) in [4.78, 5) is 26.6. The van der Waals surface area contributed by atoms with Crippen LogP contribution in [0.4, 0.5) is 4.39 Å². The molecule has 1 amide bonds. The summed E-state index contributed by atoms with van der Waals surface area (Å²) in [6.45, 7) is 0.361. The Morgan fingerprint density at radius 2 is 2.06 bits per heavy atom. The molecule has 0 bridgehead atoms. The van der Waals surface area contributed by atoms with Crippen LogP contribution in [0.5, 0.6) is 0 Å². The summed E-state index contributed by atoms with van der Waals surface area (Å²) < 4.78 is 14.6. The first kappa shape index (κ1) is 22.4. The van der Waals surface area contributed by atoms with Crippen molar-refractivity contribution in [3.63, 3.8) is 0 Å². The number of fused-ring (bicyclic) bond motifs is 1. The maximum atomic E-state index is 14.6. The van der Waals surface area contributed by atoms with E-state index in [4.69, 9.17) is 11.6 Å². The van der Waals surface area contributed by atoms with E-state index in [1.165, 1.54) is 28.2 Å². The smallest absolute Gasteiger partial charge is 0.272 e. The molecule has 0 aliphatic carbocycles. The number of aromatic nitrogens is 2. The lowest BCUT2D eigenvalue weighted by molar-refractivity contribution is 0.0775. The van der Waals surface area contributed by atoms with Gasteiger partial charge in [-0.15, -0.1) is 0 Å². The highest BCUT2D eigenvalue weighted by Gasteiger charge is 2.31. The van der Waals surface area contributed by atoms with Crippen molar-refractivity contribution in [2.75, 3.05) is 19.7 Å². The summed E-state index contributed by atoms with van der Waals surface area (Å²) in [7, 11) is 0. The van der Waals surface area contributed by atoms with E-state index in [-0.39, 0.29) is 30.3 Å². The van der Waals surface area contributed by atoms with Gasteiger partial charge in [-0.1, -0.05) is 24.3 Å². The van der Waals surface area contributed by atoms with Gasteiger partial charge < -0.3 is 20.7 Å². The molecule has 0 saturated carbocycles. The van der Waals surface area contributed by atoms with E-state index in [1.54, 1.807) is 18.2 Å². The first-order chi connectivity index (χ1) is 15.9. The molecule has 1 aliphatic heterocycles. The number of aliphatic hydroxyl groups excluding tert-OH is 1. The molecule has 1 saturated heterocycles. The highest BCUT2D eigenvalue weighted by atomic mass is 19.1. The number of nitrogens with two attached hydrogens (primary N) is 2. The average Bonchev–Trinajstić information content (AvgIpc) is 3.33. The number of amides is 1. The predicted octanol–water partition coefficient (Wildman–Crippen LogP) is 0.836. The fourth-order valence-electron chi connectivity index (χ4n) is 4.12. The van der Waals surface area contributed by atoms with Crippen LogP contribution in [-0.2, 0) is 6.42 Å². The first-order valence-electron chi connectivity index (χ1n) is 10.5. The number of hydrogen-bond acceptors (Lipinski definition) is 7. The van der Waals surface area contributed by atoms with Gasteiger partial charge in [0.25, 0.3) is 11.5 Å². The number of hydrazine groups is 1. The minimum absolute atomic E-state index is 0.0396. The van der Waals surface area contributed by atoms with Crippen molar-refractivity contribution < 1.29 is 14.3 Å². The van der Waals surface area contributed by atoms with Crippen molar-refractivity contribution in [3.05, 3.63) is 87.4 Å². The molecule has 9 nitrogen and oxygen atoms in total. The van der Waals surface area contributed by atoms with Gasteiger partial charge in [-0.3, -0.25) is 9.59 Å². The molecule has 1 aliphatic rings. The highest BCUT2D eigenvalue weighted by molar-refractivity contribution is 5.95. The normalized spacial score (nSPS) is 16.4. The number of nitrogens with zero attached hydrogens (tertiary/aromatic N) is 3. The summed E-state index contributed by atoms with van der Waals surface area (Å²) in [5.74, 6) is 4.97. The minimum Gasteiger partial charge on any atom is -0.403 e. The highest BCUT2D eigenvalue weighted by Crippen LogP contribution is 2.22. The zero-order chi connectivity index (χ0) is 23.5. The number of hydrogen-bond donors (Lipinski definition) is 4. The molecule has 33 heavy (non-hydrogen) atoms. The molecule has 172 valence electrons. The number of carbonyl (C=O) groups excluding carboxylic acids is 1.